The first-order valence-electron chi connectivity index (χ1n) is 9.34. The van der Waals surface area contributed by atoms with Gasteiger partial charge in [-0.1, -0.05) is 12.1 Å². The van der Waals surface area contributed by atoms with E-state index in [4.69, 9.17) is 5.73 Å². The van der Waals surface area contributed by atoms with Crippen molar-refractivity contribution in [3.63, 3.8) is 0 Å². The molecular formula is C20H23FN4O4S. The number of anilines is 2. The van der Waals surface area contributed by atoms with Crippen LogP contribution in [0.5, 0.6) is 0 Å². The number of primary amides is 1. The Bertz CT molecular complexity index is 1070. The van der Waals surface area contributed by atoms with Crippen LogP contribution < -0.4 is 16.0 Å². The predicted octanol–water partition coefficient (Wildman–Crippen LogP) is 1.32. The number of hydrogen-bond acceptors (Lipinski definition) is 5. The van der Waals surface area contributed by atoms with E-state index in [1.807, 2.05) is 31.2 Å². The minimum absolute atomic E-state index is 0.0923. The number of nitrogens with one attached hydrogen (secondary N) is 1. The second-order valence-corrected chi connectivity index (χ2v) is 9.06. The molecule has 0 radical (unpaired) electrons. The van der Waals surface area contributed by atoms with Crippen LogP contribution in [0.2, 0.25) is 0 Å². The Kier molecular flexibility index (Phi) is 6.37. The molecule has 2 aromatic rings. The fraction of sp³-hybridized carbons (Fsp3) is 0.300. The van der Waals surface area contributed by atoms with Crippen molar-refractivity contribution in [1.82, 2.24) is 4.31 Å². The van der Waals surface area contributed by atoms with E-state index in [0.29, 0.717) is 13.1 Å². The van der Waals surface area contributed by atoms with E-state index in [2.05, 4.69) is 10.2 Å². The molecule has 0 aliphatic carbocycles. The summed E-state index contributed by atoms with van der Waals surface area (Å²) in [5.74, 6) is -3.33. The average molecular weight is 434 g/mol. The minimum atomic E-state index is -3.82. The van der Waals surface area contributed by atoms with E-state index in [1.165, 1.54) is 10.4 Å². The third-order valence-electron chi connectivity index (χ3n) is 4.83. The van der Waals surface area contributed by atoms with E-state index in [9.17, 15) is 22.4 Å². The van der Waals surface area contributed by atoms with Crippen molar-refractivity contribution >= 4 is 33.2 Å². The number of piperazine rings is 1. The van der Waals surface area contributed by atoms with Crippen molar-refractivity contribution in [2.45, 2.75) is 6.92 Å². The number of amides is 2. The van der Waals surface area contributed by atoms with Gasteiger partial charge in [0, 0.05) is 37.6 Å². The average Bonchev–Trinajstić information content (AvgIpc) is 2.69. The van der Waals surface area contributed by atoms with Crippen molar-refractivity contribution in [1.29, 1.82) is 0 Å². The molecule has 0 unspecified atom stereocenters. The van der Waals surface area contributed by atoms with Gasteiger partial charge in [-0.05, 0) is 42.8 Å². The molecule has 2 aromatic carbocycles. The zero-order valence-electron chi connectivity index (χ0n) is 16.5. The van der Waals surface area contributed by atoms with Crippen molar-refractivity contribution in [2.75, 3.05) is 42.1 Å². The summed E-state index contributed by atoms with van der Waals surface area (Å²) in [6.45, 7) is 3.57. The summed E-state index contributed by atoms with van der Waals surface area (Å²) in [6, 6.07) is 11.3. The van der Waals surface area contributed by atoms with E-state index in [-0.39, 0.29) is 24.3 Å². The summed E-state index contributed by atoms with van der Waals surface area (Å²) < 4.78 is 40.1. The Hall–Kier alpha value is -2.98. The Morgan fingerprint density at radius 3 is 2.43 bits per heavy atom. The molecule has 1 fully saturated rings. The highest BCUT2D eigenvalue weighted by molar-refractivity contribution is 7.89. The van der Waals surface area contributed by atoms with Gasteiger partial charge in [0.2, 0.25) is 15.9 Å². The van der Waals surface area contributed by atoms with Crippen LogP contribution in [0.15, 0.2) is 42.5 Å². The molecule has 1 aliphatic heterocycles. The molecule has 0 atom stereocenters. The van der Waals surface area contributed by atoms with E-state index in [0.717, 1.165) is 23.4 Å². The predicted molar refractivity (Wildman–Crippen MR) is 112 cm³/mol. The fourth-order valence-electron chi connectivity index (χ4n) is 3.30. The number of rotatable bonds is 6. The van der Waals surface area contributed by atoms with Crippen LogP contribution >= 0.6 is 0 Å². The molecule has 0 saturated carbocycles. The molecule has 3 N–H and O–H groups in total. The number of halogens is 1. The first-order chi connectivity index (χ1) is 14.2. The zero-order chi connectivity index (χ0) is 21.9. The molecule has 30 heavy (non-hydrogen) atoms. The molecule has 1 saturated heterocycles. The molecule has 1 heterocycles. The normalized spacial score (nSPS) is 15.1. The van der Waals surface area contributed by atoms with Crippen molar-refractivity contribution < 1.29 is 22.4 Å². The fourth-order valence-corrected chi connectivity index (χ4v) is 4.60. The van der Waals surface area contributed by atoms with E-state index >= 15 is 0 Å². The van der Waals surface area contributed by atoms with Gasteiger partial charge in [0.25, 0.3) is 5.91 Å². The number of nitrogens with zero attached hydrogens (tertiary/aromatic N) is 2. The van der Waals surface area contributed by atoms with Crippen LogP contribution in [-0.4, -0.2) is 56.5 Å². The highest BCUT2D eigenvalue weighted by atomic mass is 32.2. The monoisotopic (exact) mass is 434 g/mol. The number of hydrogen-bond donors (Lipinski definition) is 2. The lowest BCUT2D eigenvalue weighted by Crippen LogP contribution is -2.50. The molecule has 8 nitrogen and oxygen atoms in total. The summed E-state index contributed by atoms with van der Waals surface area (Å²) in [4.78, 5) is 25.5. The van der Waals surface area contributed by atoms with Crippen molar-refractivity contribution in [3.8, 4) is 0 Å². The third kappa shape index (κ3) is 5.14. The number of benzene rings is 2. The zero-order valence-corrected chi connectivity index (χ0v) is 17.3. The maximum absolute atomic E-state index is 13.5. The van der Waals surface area contributed by atoms with Crippen LogP contribution in [0.3, 0.4) is 0 Å². The van der Waals surface area contributed by atoms with Gasteiger partial charge in [0.1, 0.15) is 11.6 Å². The minimum Gasteiger partial charge on any atom is -0.369 e. The summed E-state index contributed by atoms with van der Waals surface area (Å²) >= 11 is 0. The molecule has 0 aromatic heterocycles. The lowest BCUT2D eigenvalue weighted by atomic mass is 10.2. The summed E-state index contributed by atoms with van der Waals surface area (Å²) in [5.41, 5.74) is 6.94. The van der Waals surface area contributed by atoms with Gasteiger partial charge >= 0.3 is 0 Å². The van der Waals surface area contributed by atoms with E-state index in [1.54, 1.807) is 0 Å². The molecule has 3 rings (SSSR count). The SMILES string of the molecule is Cc1cccc(N2CCN(S(=O)(=O)CC(=O)Nc3ccc(F)c(C(N)=O)c3)CC2)c1. The van der Waals surface area contributed by atoms with Crippen molar-refractivity contribution in [3.05, 3.63) is 59.4 Å². The smallest absolute Gasteiger partial charge is 0.251 e. The largest absolute Gasteiger partial charge is 0.369 e. The molecule has 160 valence electrons. The van der Waals surface area contributed by atoms with Gasteiger partial charge < -0.3 is 16.0 Å². The molecule has 0 bridgehead atoms. The van der Waals surface area contributed by atoms with Crippen LogP contribution in [-0.2, 0) is 14.8 Å². The van der Waals surface area contributed by atoms with Gasteiger partial charge in [0.05, 0.1) is 5.56 Å². The topological polar surface area (TPSA) is 113 Å². The molecule has 0 spiro atoms. The number of nitrogens with two attached hydrogens (primary N) is 1. The molecule has 2 amide bonds. The first kappa shape index (κ1) is 21.7. The van der Waals surface area contributed by atoms with Crippen LogP contribution in [0.4, 0.5) is 15.8 Å². The lowest BCUT2D eigenvalue weighted by Gasteiger charge is -2.35. The number of aryl methyl sites for hydroxylation is 1. The third-order valence-corrected chi connectivity index (χ3v) is 6.61. The maximum atomic E-state index is 13.5. The second-order valence-electron chi connectivity index (χ2n) is 7.09. The first-order valence-corrected chi connectivity index (χ1v) is 11.0. The Morgan fingerprint density at radius 1 is 1.10 bits per heavy atom. The Morgan fingerprint density at radius 2 is 1.80 bits per heavy atom. The highest BCUT2D eigenvalue weighted by Gasteiger charge is 2.29. The number of carbonyl (C=O) groups excluding carboxylic acids is 2. The molecule has 1 aliphatic rings. The summed E-state index contributed by atoms with van der Waals surface area (Å²) in [6.07, 6.45) is 0. The van der Waals surface area contributed by atoms with Gasteiger partial charge in [-0.3, -0.25) is 9.59 Å². The maximum Gasteiger partial charge on any atom is 0.251 e. The van der Waals surface area contributed by atoms with Gasteiger partial charge in [-0.2, -0.15) is 4.31 Å². The Labute approximate surface area is 174 Å². The highest BCUT2D eigenvalue weighted by Crippen LogP contribution is 2.19. The number of carbonyl (C=O) groups is 2. The van der Waals surface area contributed by atoms with Gasteiger partial charge in [0.15, 0.2) is 0 Å². The van der Waals surface area contributed by atoms with Crippen molar-refractivity contribution in [2.24, 2.45) is 5.73 Å². The van der Waals surface area contributed by atoms with Gasteiger partial charge in [-0.15, -0.1) is 0 Å². The lowest BCUT2D eigenvalue weighted by molar-refractivity contribution is -0.113. The van der Waals surface area contributed by atoms with Crippen LogP contribution in [0, 0.1) is 12.7 Å². The summed E-state index contributed by atoms with van der Waals surface area (Å²) in [7, 11) is -3.82. The second kappa shape index (κ2) is 8.80. The molecular weight excluding hydrogens is 411 g/mol. The van der Waals surface area contributed by atoms with Crippen LogP contribution in [0.25, 0.3) is 0 Å². The quantitative estimate of drug-likeness (QED) is 0.712. The molecule has 10 heteroatoms. The van der Waals surface area contributed by atoms with E-state index < -0.39 is 33.4 Å². The number of sulfonamides is 1. The Balaban J connectivity index is 1.59. The standard InChI is InChI=1S/C20H23FN4O4S/c1-14-3-2-4-16(11-14)24-7-9-25(10-8-24)30(28,29)13-19(26)23-15-5-6-18(21)17(12-15)20(22)27/h2-6,11-12H,7-10,13H2,1H3,(H2,22,27)(H,23,26). The van der Waals surface area contributed by atoms with Crippen LogP contribution in [0.1, 0.15) is 15.9 Å². The summed E-state index contributed by atoms with van der Waals surface area (Å²) in [5, 5.41) is 2.37. The van der Waals surface area contributed by atoms with Gasteiger partial charge in [-0.25, -0.2) is 12.8 Å².